The molecule has 0 saturated carbocycles. The maximum atomic E-state index is 12.2. The van der Waals surface area contributed by atoms with Gasteiger partial charge in [0.2, 0.25) is 0 Å². The number of aromatic nitrogens is 1. The first-order valence-electron chi connectivity index (χ1n) is 8.24. The molecule has 4 rings (SSSR count). The molecule has 1 fully saturated rings. The van der Waals surface area contributed by atoms with E-state index in [1.165, 1.54) is 29.4 Å². The fourth-order valence-electron chi connectivity index (χ4n) is 3.05. The molecule has 126 valence electrons. The maximum absolute atomic E-state index is 12.2. The van der Waals surface area contributed by atoms with Gasteiger partial charge in [0.1, 0.15) is 0 Å². The van der Waals surface area contributed by atoms with Crippen LogP contribution in [0.25, 0.3) is 6.08 Å². The first-order chi connectivity index (χ1) is 12.2. The SMILES string of the molecule is CN1CCCc2cc(/C=C3\S/C(=N/c4ccccn4)NC3=O)ccc21. The summed E-state index contributed by atoms with van der Waals surface area (Å²) < 4.78 is 0. The van der Waals surface area contributed by atoms with Crippen LogP contribution in [0.15, 0.2) is 52.5 Å². The van der Waals surface area contributed by atoms with Crippen LogP contribution in [0.5, 0.6) is 0 Å². The minimum absolute atomic E-state index is 0.116. The Labute approximate surface area is 150 Å². The third-order valence-electron chi connectivity index (χ3n) is 4.27. The second-order valence-electron chi connectivity index (χ2n) is 6.08. The molecule has 2 aliphatic heterocycles. The number of aliphatic imine (C=N–C) groups is 1. The lowest BCUT2D eigenvalue weighted by Crippen LogP contribution is -2.24. The second kappa shape index (κ2) is 6.72. The van der Waals surface area contributed by atoms with Gasteiger partial charge < -0.3 is 10.2 Å². The van der Waals surface area contributed by atoms with Crippen LogP contribution in [0, 0.1) is 0 Å². The molecule has 0 spiro atoms. The van der Waals surface area contributed by atoms with E-state index >= 15 is 0 Å². The largest absolute Gasteiger partial charge is 0.374 e. The number of nitrogens with zero attached hydrogens (tertiary/aromatic N) is 3. The fraction of sp³-hybridized carbons (Fsp3) is 0.211. The zero-order valence-electron chi connectivity index (χ0n) is 13.9. The minimum Gasteiger partial charge on any atom is -0.374 e. The highest BCUT2D eigenvalue weighted by molar-refractivity contribution is 8.18. The standard InChI is InChI=1S/C19H18N4OS/c1-23-10-4-5-14-11-13(7-8-15(14)23)12-16-18(24)22-19(25-16)21-17-6-2-3-9-20-17/h2-3,6-9,11-12H,4-5,10H2,1H3,(H,20,21,22,24)/b16-12-. The molecule has 1 amide bonds. The van der Waals surface area contributed by atoms with Crippen LogP contribution < -0.4 is 10.2 Å². The van der Waals surface area contributed by atoms with E-state index in [1.54, 1.807) is 12.3 Å². The third-order valence-corrected chi connectivity index (χ3v) is 5.18. The minimum atomic E-state index is -0.116. The molecular weight excluding hydrogens is 332 g/mol. The summed E-state index contributed by atoms with van der Waals surface area (Å²) in [7, 11) is 2.12. The van der Waals surface area contributed by atoms with Gasteiger partial charge in [-0.15, -0.1) is 0 Å². The number of aryl methyl sites for hydroxylation is 1. The van der Waals surface area contributed by atoms with Gasteiger partial charge in [0.15, 0.2) is 11.0 Å². The molecule has 1 saturated heterocycles. The lowest BCUT2D eigenvalue weighted by molar-refractivity contribution is -0.115. The smallest absolute Gasteiger partial charge is 0.264 e. The molecule has 5 nitrogen and oxygen atoms in total. The number of carbonyl (C=O) groups excluding carboxylic acids is 1. The Morgan fingerprint density at radius 3 is 3.08 bits per heavy atom. The number of amidine groups is 1. The predicted octanol–water partition coefficient (Wildman–Crippen LogP) is 3.36. The summed E-state index contributed by atoms with van der Waals surface area (Å²) in [6.45, 7) is 1.10. The lowest BCUT2D eigenvalue weighted by atomic mass is 9.99. The van der Waals surface area contributed by atoms with Crippen molar-refractivity contribution < 1.29 is 4.79 Å². The molecule has 1 N–H and O–H groups in total. The Hall–Kier alpha value is -2.60. The zero-order chi connectivity index (χ0) is 17.2. The number of pyridine rings is 1. The zero-order valence-corrected chi connectivity index (χ0v) is 14.7. The number of anilines is 1. The normalized spacial score (nSPS) is 20.0. The van der Waals surface area contributed by atoms with Crippen molar-refractivity contribution in [2.24, 2.45) is 4.99 Å². The number of hydrogen-bond acceptors (Lipinski definition) is 5. The fourth-order valence-corrected chi connectivity index (χ4v) is 3.88. The molecule has 0 atom stereocenters. The van der Waals surface area contributed by atoms with E-state index in [4.69, 9.17) is 0 Å². The highest BCUT2D eigenvalue weighted by Gasteiger charge is 2.24. The molecule has 25 heavy (non-hydrogen) atoms. The molecule has 6 heteroatoms. The van der Waals surface area contributed by atoms with Crippen molar-refractivity contribution in [3.63, 3.8) is 0 Å². The Morgan fingerprint density at radius 1 is 1.32 bits per heavy atom. The number of rotatable bonds is 2. The summed E-state index contributed by atoms with van der Waals surface area (Å²) in [6, 6.07) is 11.9. The van der Waals surface area contributed by atoms with Crippen molar-refractivity contribution in [2.45, 2.75) is 12.8 Å². The molecule has 2 aromatic rings. The first-order valence-corrected chi connectivity index (χ1v) is 9.05. The number of carbonyl (C=O) groups is 1. The molecule has 0 bridgehead atoms. The monoisotopic (exact) mass is 350 g/mol. The van der Waals surface area contributed by atoms with Gasteiger partial charge in [-0.3, -0.25) is 4.79 Å². The molecule has 3 heterocycles. The summed E-state index contributed by atoms with van der Waals surface area (Å²) in [5.41, 5.74) is 3.67. The van der Waals surface area contributed by atoms with Crippen LogP contribution >= 0.6 is 11.8 Å². The Bertz CT molecular complexity index is 876. The molecule has 0 aliphatic carbocycles. The van der Waals surface area contributed by atoms with Gasteiger partial charge in [-0.2, -0.15) is 0 Å². The van der Waals surface area contributed by atoms with E-state index in [2.05, 4.69) is 45.4 Å². The van der Waals surface area contributed by atoms with Crippen molar-refractivity contribution in [2.75, 3.05) is 18.5 Å². The number of benzene rings is 1. The predicted molar refractivity (Wildman–Crippen MR) is 103 cm³/mol. The van der Waals surface area contributed by atoms with E-state index in [0.29, 0.717) is 15.9 Å². The lowest BCUT2D eigenvalue weighted by Gasteiger charge is -2.27. The van der Waals surface area contributed by atoms with Gasteiger partial charge in [-0.05, 0) is 66.1 Å². The molecule has 1 aromatic heterocycles. The summed E-state index contributed by atoms with van der Waals surface area (Å²) in [6.07, 6.45) is 5.86. The van der Waals surface area contributed by atoms with Crippen LogP contribution in [-0.2, 0) is 11.2 Å². The highest BCUT2D eigenvalue weighted by atomic mass is 32.2. The first kappa shape index (κ1) is 15.9. The summed E-state index contributed by atoms with van der Waals surface area (Å²) >= 11 is 1.35. The van der Waals surface area contributed by atoms with Crippen molar-refractivity contribution in [3.05, 3.63) is 58.6 Å². The van der Waals surface area contributed by atoms with Crippen molar-refractivity contribution >= 4 is 40.4 Å². The van der Waals surface area contributed by atoms with E-state index in [1.807, 2.05) is 18.2 Å². The molecule has 1 aromatic carbocycles. The second-order valence-corrected chi connectivity index (χ2v) is 7.11. The van der Waals surface area contributed by atoms with E-state index in [9.17, 15) is 4.79 Å². The van der Waals surface area contributed by atoms with Gasteiger partial charge in [0, 0.05) is 25.5 Å². The topological polar surface area (TPSA) is 57.6 Å². The number of amides is 1. The average molecular weight is 350 g/mol. The van der Waals surface area contributed by atoms with Crippen molar-refractivity contribution in [1.82, 2.24) is 10.3 Å². The van der Waals surface area contributed by atoms with Gasteiger partial charge >= 0.3 is 0 Å². The van der Waals surface area contributed by atoms with Crippen LogP contribution in [0.4, 0.5) is 11.5 Å². The average Bonchev–Trinajstić information content (AvgIpc) is 2.95. The van der Waals surface area contributed by atoms with Crippen LogP contribution in [0.3, 0.4) is 0 Å². The van der Waals surface area contributed by atoms with E-state index < -0.39 is 0 Å². The Kier molecular flexibility index (Phi) is 4.28. The summed E-state index contributed by atoms with van der Waals surface area (Å²) in [5, 5.41) is 3.36. The number of nitrogens with one attached hydrogen (secondary N) is 1. The number of hydrogen-bond donors (Lipinski definition) is 1. The van der Waals surface area contributed by atoms with Gasteiger partial charge in [0.05, 0.1) is 4.91 Å². The van der Waals surface area contributed by atoms with Gasteiger partial charge in [-0.25, -0.2) is 9.98 Å². The van der Waals surface area contributed by atoms with Crippen molar-refractivity contribution in [1.29, 1.82) is 0 Å². The highest BCUT2D eigenvalue weighted by Crippen LogP contribution is 2.31. The molecule has 0 unspecified atom stereocenters. The molecular formula is C19H18N4OS. The molecule has 0 radical (unpaired) electrons. The quantitative estimate of drug-likeness (QED) is 0.844. The van der Waals surface area contributed by atoms with Crippen molar-refractivity contribution in [3.8, 4) is 0 Å². The van der Waals surface area contributed by atoms with Crippen LogP contribution in [0.2, 0.25) is 0 Å². The van der Waals surface area contributed by atoms with Gasteiger partial charge in [0.25, 0.3) is 5.91 Å². The number of thioether (sulfide) groups is 1. The molecule has 2 aliphatic rings. The Balaban J connectivity index is 1.58. The van der Waals surface area contributed by atoms with Crippen LogP contribution in [-0.4, -0.2) is 29.7 Å². The summed E-state index contributed by atoms with van der Waals surface area (Å²) in [5.74, 6) is 0.470. The van der Waals surface area contributed by atoms with E-state index in [-0.39, 0.29) is 5.91 Å². The van der Waals surface area contributed by atoms with Crippen LogP contribution in [0.1, 0.15) is 17.5 Å². The number of fused-ring (bicyclic) bond motifs is 1. The Morgan fingerprint density at radius 2 is 2.24 bits per heavy atom. The van der Waals surface area contributed by atoms with E-state index in [0.717, 1.165) is 18.5 Å². The summed E-state index contributed by atoms with van der Waals surface area (Å²) in [4.78, 5) is 23.7. The maximum Gasteiger partial charge on any atom is 0.264 e. The van der Waals surface area contributed by atoms with Gasteiger partial charge in [-0.1, -0.05) is 12.1 Å². The third kappa shape index (κ3) is 3.44.